The predicted octanol–water partition coefficient (Wildman–Crippen LogP) is 4.26. The van der Waals surface area contributed by atoms with Crippen LogP contribution in [0.2, 0.25) is 0 Å². The fourth-order valence-electron chi connectivity index (χ4n) is 2.30. The van der Waals surface area contributed by atoms with E-state index in [0.717, 1.165) is 10.8 Å². The maximum absolute atomic E-state index is 11.0. The number of fused-ring (bicyclic) bond motifs is 1. The maximum atomic E-state index is 11.0. The summed E-state index contributed by atoms with van der Waals surface area (Å²) in [4.78, 5) is 21.8. The van der Waals surface area contributed by atoms with Crippen molar-refractivity contribution in [1.82, 2.24) is 0 Å². The van der Waals surface area contributed by atoms with E-state index in [-0.39, 0.29) is 11.5 Å². The molecule has 0 aliphatic rings. The summed E-state index contributed by atoms with van der Waals surface area (Å²) in [5, 5.41) is 10.7. The van der Waals surface area contributed by atoms with Gasteiger partial charge in [0, 0.05) is 6.92 Å². The van der Waals surface area contributed by atoms with E-state index < -0.39 is 5.97 Å². The number of hydrogen-bond donors (Lipinski definition) is 1. The minimum absolute atomic E-state index is 0.207. The zero-order valence-corrected chi connectivity index (χ0v) is 12.9. The molecule has 0 aliphatic carbocycles. The molecular weight excluding hydrogens is 308 g/mol. The van der Waals surface area contributed by atoms with E-state index in [9.17, 15) is 9.59 Å². The molecule has 0 saturated carbocycles. The topological polar surface area (TPSA) is 72.8 Å². The molecule has 1 N–H and O–H groups in total. The lowest BCUT2D eigenvalue weighted by atomic mass is 10.1. The lowest BCUT2D eigenvalue weighted by Gasteiger charge is -2.08. The van der Waals surface area contributed by atoms with Gasteiger partial charge in [0.15, 0.2) is 0 Å². The summed E-state index contributed by atoms with van der Waals surface area (Å²) in [6.45, 7) is 1.36. The molecule has 0 aliphatic heterocycles. The SMILES string of the molecule is CC(=O)Oc1ccc2cc(Oc3ccc(C(=O)O)cc3)ccc2c1. The van der Waals surface area contributed by atoms with Crippen molar-refractivity contribution < 1.29 is 24.2 Å². The van der Waals surface area contributed by atoms with Gasteiger partial charge in [0.05, 0.1) is 5.56 Å². The monoisotopic (exact) mass is 322 g/mol. The van der Waals surface area contributed by atoms with Crippen LogP contribution in [0.1, 0.15) is 17.3 Å². The summed E-state index contributed by atoms with van der Waals surface area (Å²) in [6.07, 6.45) is 0. The Hall–Kier alpha value is -3.34. The van der Waals surface area contributed by atoms with Crippen molar-refractivity contribution in [2.24, 2.45) is 0 Å². The number of carboxylic acids is 1. The highest BCUT2D eigenvalue weighted by Crippen LogP contribution is 2.28. The molecule has 0 fully saturated rings. The second kappa shape index (κ2) is 6.42. The third-order valence-corrected chi connectivity index (χ3v) is 3.38. The van der Waals surface area contributed by atoms with Crippen molar-refractivity contribution in [1.29, 1.82) is 0 Å². The molecule has 0 atom stereocenters. The van der Waals surface area contributed by atoms with Crippen LogP contribution in [-0.2, 0) is 4.79 Å². The van der Waals surface area contributed by atoms with Crippen molar-refractivity contribution >= 4 is 22.7 Å². The molecule has 0 spiro atoms. The van der Waals surface area contributed by atoms with Crippen LogP contribution in [0.5, 0.6) is 17.2 Å². The minimum Gasteiger partial charge on any atom is -0.478 e. The number of aromatic carboxylic acids is 1. The van der Waals surface area contributed by atoms with Crippen molar-refractivity contribution in [2.75, 3.05) is 0 Å². The predicted molar refractivity (Wildman–Crippen MR) is 88.7 cm³/mol. The van der Waals surface area contributed by atoms with Crippen LogP contribution in [0.3, 0.4) is 0 Å². The van der Waals surface area contributed by atoms with Crippen LogP contribution in [0.25, 0.3) is 10.8 Å². The van der Waals surface area contributed by atoms with E-state index in [4.69, 9.17) is 14.6 Å². The molecule has 0 heterocycles. The number of carbonyl (C=O) groups excluding carboxylic acids is 1. The molecule has 0 bridgehead atoms. The molecular formula is C19H14O5. The summed E-state index contributed by atoms with van der Waals surface area (Å²) in [5.41, 5.74) is 0.207. The van der Waals surface area contributed by atoms with Crippen molar-refractivity contribution in [3.8, 4) is 17.2 Å². The summed E-state index contributed by atoms with van der Waals surface area (Å²) in [5.74, 6) is 0.338. The number of esters is 1. The molecule has 0 amide bonds. The fourth-order valence-corrected chi connectivity index (χ4v) is 2.30. The highest BCUT2D eigenvalue weighted by Gasteiger charge is 2.05. The van der Waals surface area contributed by atoms with E-state index in [0.29, 0.717) is 17.2 Å². The molecule has 0 radical (unpaired) electrons. The summed E-state index contributed by atoms with van der Waals surface area (Å²) >= 11 is 0. The summed E-state index contributed by atoms with van der Waals surface area (Å²) in [6, 6.07) is 17.1. The van der Waals surface area contributed by atoms with E-state index in [2.05, 4.69) is 0 Å². The lowest BCUT2D eigenvalue weighted by molar-refractivity contribution is -0.131. The Bertz CT molecular complexity index is 913. The van der Waals surface area contributed by atoms with Gasteiger partial charge in [-0.2, -0.15) is 0 Å². The molecule has 0 aromatic heterocycles. The van der Waals surface area contributed by atoms with Crippen molar-refractivity contribution in [3.05, 3.63) is 66.2 Å². The molecule has 120 valence electrons. The number of ether oxygens (including phenoxy) is 2. The zero-order valence-electron chi connectivity index (χ0n) is 12.9. The van der Waals surface area contributed by atoms with Crippen LogP contribution in [-0.4, -0.2) is 17.0 Å². The molecule has 0 saturated heterocycles. The van der Waals surface area contributed by atoms with Crippen LogP contribution < -0.4 is 9.47 Å². The van der Waals surface area contributed by atoms with Gasteiger partial charge in [-0.05, 0) is 59.3 Å². The van der Waals surface area contributed by atoms with Crippen LogP contribution >= 0.6 is 0 Å². The average Bonchev–Trinajstić information content (AvgIpc) is 2.55. The molecule has 3 aromatic carbocycles. The third kappa shape index (κ3) is 3.52. The Balaban J connectivity index is 1.82. The molecule has 24 heavy (non-hydrogen) atoms. The quantitative estimate of drug-likeness (QED) is 0.574. The molecule has 0 unspecified atom stereocenters. The summed E-state index contributed by atoms with van der Waals surface area (Å²) < 4.78 is 10.8. The number of rotatable bonds is 4. The van der Waals surface area contributed by atoms with Gasteiger partial charge in [-0.1, -0.05) is 12.1 Å². The Morgan fingerprint density at radius 2 is 1.33 bits per heavy atom. The van der Waals surface area contributed by atoms with Crippen molar-refractivity contribution in [2.45, 2.75) is 6.92 Å². The fraction of sp³-hybridized carbons (Fsp3) is 0.0526. The smallest absolute Gasteiger partial charge is 0.335 e. The maximum Gasteiger partial charge on any atom is 0.335 e. The first-order valence-corrected chi connectivity index (χ1v) is 7.25. The van der Waals surface area contributed by atoms with E-state index >= 15 is 0 Å². The van der Waals surface area contributed by atoms with Gasteiger partial charge >= 0.3 is 11.9 Å². The van der Waals surface area contributed by atoms with Crippen LogP contribution in [0, 0.1) is 0 Å². The highest BCUT2D eigenvalue weighted by molar-refractivity contribution is 5.88. The van der Waals surface area contributed by atoms with Gasteiger partial charge in [0.2, 0.25) is 0 Å². The molecule has 3 aromatic rings. The first kappa shape index (κ1) is 15.6. The second-order valence-electron chi connectivity index (χ2n) is 5.20. The largest absolute Gasteiger partial charge is 0.478 e. The summed E-state index contributed by atoms with van der Waals surface area (Å²) in [7, 11) is 0. The first-order valence-electron chi connectivity index (χ1n) is 7.25. The first-order chi connectivity index (χ1) is 11.5. The van der Waals surface area contributed by atoms with Gasteiger partial charge in [-0.15, -0.1) is 0 Å². The second-order valence-corrected chi connectivity index (χ2v) is 5.20. The highest BCUT2D eigenvalue weighted by atomic mass is 16.5. The Morgan fingerprint density at radius 1 is 0.792 bits per heavy atom. The minimum atomic E-state index is -0.976. The van der Waals surface area contributed by atoms with Gasteiger partial charge in [-0.25, -0.2) is 4.79 Å². The van der Waals surface area contributed by atoms with Crippen LogP contribution in [0.4, 0.5) is 0 Å². The van der Waals surface area contributed by atoms with Gasteiger partial charge < -0.3 is 14.6 Å². The van der Waals surface area contributed by atoms with Gasteiger partial charge in [-0.3, -0.25) is 4.79 Å². The van der Waals surface area contributed by atoms with E-state index in [1.165, 1.54) is 19.1 Å². The average molecular weight is 322 g/mol. The number of carbonyl (C=O) groups is 2. The standard InChI is InChI=1S/C19H14O5/c1-12(20)23-17-8-4-15-11-18(9-5-14(15)10-17)24-16-6-2-13(3-7-16)19(21)22/h2-11H,1H3,(H,21,22). The molecule has 5 nitrogen and oxygen atoms in total. The molecule has 5 heteroatoms. The third-order valence-electron chi connectivity index (χ3n) is 3.38. The van der Waals surface area contributed by atoms with Crippen molar-refractivity contribution in [3.63, 3.8) is 0 Å². The normalized spacial score (nSPS) is 10.4. The zero-order chi connectivity index (χ0) is 17.1. The van der Waals surface area contributed by atoms with Gasteiger partial charge in [0.25, 0.3) is 0 Å². The van der Waals surface area contributed by atoms with Crippen LogP contribution in [0.15, 0.2) is 60.7 Å². The van der Waals surface area contributed by atoms with Gasteiger partial charge in [0.1, 0.15) is 17.2 Å². The number of carboxylic acid groups (broad SMARTS) is 1. The van der Waals surface area contributed by atoms with E-state index in [1.54, 1.807) is 30.3 Å². The Morgan fingerprint density at radius 3 is 1.92 bits per heavy atom. The number of hydrogen-bond acceptors (Lipinski definition) is 4. The van der Waals surface area contributed by atoms with E-state index in [1.807, 2.05) is 18.2 Å². The lowest BCUT2D eigenvalue weighted by Crippen LogP contribution is -2.00. The number of benzene rings is 3. The Kier molecular flexibility index (Phi) is 4.16. The Labute approximate surface area is 138 Å². The molecule has 3 rings (SSSR count).